The quantitative estimate of drug-likeness (QED) is 0.843. The van der Waals surface area contributed by atoms with Gasteiger partial charge >= 0.3 is 0 Å². The van der Waals surface area contributed by atoms with Crippen LogP contribution in [0.15, 0.2) is 11.6 Å². The van der Waals surface area contributed by atoms with Gasteiger partial charge in [0.1, 0.15) is 5.82 Å². The molecule has 0 radical (unpaired) electrons. The van der Waals surface area contributed by atoms with Crippen molar-refractivity contribution in [1.29, 1.82) is 0 Å². The molecule has 0 aliphatic rings. The maximum Gasteiger partial charge on any atom is 0.205 e. The Labute approximate surface area is 129 Å². The summed E-state index contributed by atoms with van der Waals surface area (Å²) in [5.41, 5.74) is 0.00665. The summed E-state index contributed by atoms with van der Waals surface area (Å²) >= 11 is 3.21. The van der Waals surface area contributed by atoms with E-state index >= 15 is 0 Å². The summed E-state index contributed by atoms with van der Waals surface area (Å²) in [7, 11) is 0. The smallest absolute Gasteiger partial charge is 0.205 e. The number of anilines is 1. The molecular weight excluding hydrogens is 288 g/mol. The molecule has 110 valence electrons. The molecule has 2 rings (SSSR count). The van der Waals surface area contributed by atoms with Crippen LogP contribution >= 0.6 is 22.9 Å². The van der Waals surface area contributed by atoms with Gasteiger partial charge in [0.2, 0.25) is 5.13 Å². The highest BCUT2D eigenvalue weighted by atomic mass is 32.1. The van der Waals surface area contributed by atoms with Crippen molar-refractivity contribution < 1.29 is 0 Å². The van der Waals surface area contributed by atoms with Gasteiger partial charge in [-0.15, -0.1) is 11.3 Å². The van der Waals surface area contributed by atoms with E-state index in [-0.39, 0.29) is 5.41 Å². The van der Waals surface area contributed by atoms with E-state index in [0.29, 0.717) is 6.04 Å². The Bertz CT molecular complexity index is 526. The molecule has 2 aromatic heterocycles. The van der Waals surface area contributed by atoms with Gasteiger partial charge in [0.05, 0.1) is 5.01 Å². The van der Waals surface area contributed by atoms with Gasteiger partial charge in [0.15, 0.2) is 0 Å². The van der Waals surface area contributed by atoms with Gasteiger partial charge in [0.25, 0.3) is 0 Å². The highest BCUT2D eigenvalue weighted by molar-refractivity contribution is 7.10. The van der Waals surface area contributed by atoms with Crippen molar-refractivity contribution in [3.05, 3.63) is 22.4 Å². The fourth-order valence-electron chi connectivity index (χ4n) is 1.80. The van der Waals surface area contributed by atoms with E-state index in [4.69, 9.17) is 4.98 Å². The zero-order valence-electron chi connectivity index (χ0n) is 12.8. The highest BCUT2D eigenvalue weighted by Crippen LogP contribution is 2.26. The van der Waals surface area contributed by atoms with Crippen LogP contribution in [0.2, 0.25) is 0 Å². The van der Waals surface area contributed by atoms with E-state index in [1.165, 1.54) is 16.5 Å². The third-order valence-electron chi connectivity index (χ3n) is 3.01. The SMILES string of the molecule is CC(C)N(CCc1nccs1)c1nc(C(C)(C)C)ns1. The van der Waals surface area contributed by atoms with Gasteiger partial charge in [-0.25, -0.2) is 9.97 Å². The predicted octanol–water partition coefficient (Wildman–Crippen LogP) is 3.75. The van der Waals surface area contributed by atoms with Crippen LogP contribution in [0.3, 0.4) is 0 Å². The minimum absolute atomic E-state index is 0.00665. The summed E-state index contributed by atoms with van der Waals surface area (Å²) in [5, 5.41) is 4.22. The molecule has 0 aliphatic heterocycles. The Morgan fingerprint density at radius 3 is 2.55 bits per heavy atom. The Kier molecular flexibility index (Phi) is 4.75. The topological polar surface area (TPSA) is 41.9 Å². The molecule has 0 spiro atoms. The Morgan fingerprint density at radius 2 is 2.05 bits per heavy atom. The van der Waals surface area contributed by atoms with E-state index in [2.05, 4.69) is 48.9 Å². The van der Waals surface area contributed by atoms with Crippen LogP contribution in [0.1, 0.15) is 45.5 Å². The van der Waals surface area contributed by atoms with Crippen LogP contribution < -0.4 is 4.90 Å². The van der Waals surface area contributed by atoms with Crippen LogP contribution in [-0.4, -0.2) is 26.9 Å². The van der Waals surface area contributed by atoms with E-state index in [1.807, 2.05) is 11.6 Å². The molecule has 2 heterocycles. The fourth-order valence-corrected chi connectivity index (χ4v) is 3.43. The molecule has 0 aliphatic carbocycles. The van der Waals surface area contributed by atoms with Crippen LogP contribution in [0.5, 0.6) is 0 Å². The number of thiazole rings is 1. The lowest BCUT2D eigenvalue weighted by molar-refractivity contribution is 0.552. The maximum atomic E-state index is 4.72. The number of nitrogens with zero attached hydrogens (tertiary/aromatic N) is 4. The molecule has 0 N–H and O–H groups in total. The molecule has 20 heavy (non-hydrogen) atoms. The second-order valence-electron chi connectivity index (χ2n) is 6.11. The van der Waals surface area contributed by atoms with Crippen molar-refractivity contribution in [2.75, 3.05) is 11.4 Å². The van der Waals surface area contributed by atoms with Crippen molar-refractivity contribution in [3.8, 4) is 0 Å². The molecule has 0 atom stereocenters. The van der Waals surface area contributed by atoms with Crippen LogP contribution in [0.25, 0.3) is 0 Å². The summed E-state index contributed by atoms with van der Waals surface area (Å²) in [6.07, 6.45) is 2.82. The average Bonchev–Trinajstić information content (AvgIpc) is 2.97. The summed E-state index contributed by atoms with van der Waals surface area (Å²) in [6.45, 7) is 11.8. The molecule has 2 aromatic rings. The van der Waals surface area contributed by atoms with Crippen molar-refractivity contribution in [2.24, 2.45) is 0 Å². The zero-order chi connectivity index (χ0) is 14.8. The molecule has 0 aromatic carbocycles. The van der Waals surface area contributed by atoms with Gasteiger partial charge in [-0.1, -0.05) is 20.8 Å². The average molecular weight is 310 g/mol. The largest absolute Gasteiger partial charge is 0.344 e. The molecule has 0 bridgehead atoms. The minimum atomic E-state index is 0.00665. The summed E-state index contributed by atoms with van der Waals surface area (Å²) < 4.78 is 4.51. The predicted molar refractivity (Wildman–Crippen MR) is 86.9 cm³/mol. The summed E-state index contributed by atoms with van der Waals surface area (Å²) in [6, 6.07) is 0.413. The van der Waals surface area contributed by atoms with E-state index < -0.39 is 0 Å². The molecule has 4 nitrogen and oxygen atoms in total. The summed E-state index contributed by atoms with van der Waals surface area (Å²) in [5.74, 6) is 0.928. The first-order valence-electron chi connectivity index (χ1n) is 6.87. The van der Waals surface area contributed by atoms with E-state index in [9.17, 15) is 0 Å². The second-order valence-corrected chi connectivity index (χ2v) is 7.82. The van der Waals surface area contributed by atoms with Crippen LogP contribution in [0, 0.1) is 0 Å². The van der Waals surface area contributed by atoms with Crippen LogP contribution in [-0.2, 0) is 11.8 Å². The van der Waals surface area contributed by atoms with Gasteiger partial charge in [-0.3, -0.25) is 0 Å². The van der Waals surface area contributed by atoms with Crippen molar-refractivity contribution in [1.82, 2.24) is 14.3 Å². The third kappa shape index (κ3) is 3.76. The molecule has 0 saturated carbocycles. The van der Waals surface area contributed by atoms with E-state index in [1.54, 1.807) is 11.3 Å². The van der Waals surface area contributed by atoms with Gasteiger partial charge in [-0.2, -0.15) is 4.37 Å². The van der Waals surface area contributed by atoms with Crippen molar-refractivity contribution >= 4 is 28.0 Å². The molecule has 0 amide bonds. The fraction of sp³-hybridized carbons (Fsp3) is 0.643. The lowest BCUT2D eigenvalue weighted by Gasteiger charge is -2.25. The van der Waals surface area contributed by atoms with Crippen molar-refractivity contribution in [3.63, 3.8) is 0 Å². The number of hydrogen-bond acceptors (Lipinski definition) is 6. The number of hydrogen-bond donors (Lipinski definition) is 0. The maximum absolute atomic E-state index is 4.72. The lowest BCUT2D eigenvalue weighted by atomic mass is 9.96. The Morgan fingerprint density at radius 1 is 1.30 bits per heavy atom. The monoisotopic (exact) mass is 310 g/mol. The lowest BCUT2D eigenvalue weighted by Crippen LogP contribution is -2.32. The number of aromatic nitrogens is 3. The molecule has 6 heteroatoms. The highest BCUT2D eigenvalue weighted by Gasteiger charge is 2.22. The third-order valence-corrected chi connectivity index (χ3v) is 4.60. The standard InChI is InChI=1S/C14H22N4S2/c1-10(2)18(8-6-11-15-7-9-19-11)13-16-12(17-20-13)14(3,4)5/h7,9-10H,6,8H2,1-5H3. The van der Waals surface area contributed by atoms with Crippen molar-refractivity contribution in [2.45, 2.75) is 52.5 Å². The molecule has 0 unspecified atom stereocenters. The Hall–Kier alpha value is -1.01. The molecule has 0 fully saturated rings. The van der Waals surface area contributed by atoms with Gasteiger partial charge in [0, 0.05) is 47.5 Å². The normalized spacial score (nSPS) is 12.1. The first kappa shape index (κ1) is 15.4. The van der Waals surface area contributed by atoms with E-state index in [0.717, 1.165) is 23.9 Å². The first-order valence-corrected chi connectivity index (χ1v) is 8.52. The molecule has 0 saturated heterocycles. The zero-order valence-corrected chi connectivity index (χ0v) is 14.4. The van der Waals surface area contributed by atoms with Gasteiger partial charge < -0.3 is 4.90 Å². The number of rotatable bonds is 5. The van der Waals surface area contributed by atoms with Gasteiger partial charge in [-0.05, 0) is 13.8 Å². The minimum Gasteiger partial charge on any atom is -0.344 e. The summed E-state index contributed by atoms with van der Waals surface area (Å²) in [4.78, 5) is 11.4. The second kappa shape index (κ2) is 6.18. The first-order chi connectivity index (χ1) is 9.38. The Balaban J connectivity index is 2.10. The van der Waals surface area contributed by atoms with Crippen LogP contribution in [0.4, 0.5) is 5.13 Å². The molecular formula is C14H22N4S2.